The van der Waals surface area contributed by atoms with Crippen molar-refractivity contribution < 1.29 is 40.8 Å². The van der Waals surface area contributed by atoms with Crippen molar-refractivity contribution in [1.29, 1.82) is 0 Å². The number of carbonyl (C=O) groups is 1. The van der Waals surface area contributed by atoms with Crippen molar-refractivity contribution in [1.82, 2.24) is 0 Å². The average Bonchev–Trinajstić information content (AvgIpc) is 2.59. The molecule has 0 aromatic heterocycles. The molecule has 4 aliphatic carbocycles. The largest absolute Gasteiger partial charge is 0.435 e. The average molecular weight is 424 g/mol. The molecule has 28 heavy (non-hydrogen) atoms. The molecule has 10 heteroatoms. The van der Waals surface area contributed by atoms with Gasteiger partial charge in [-0.05, 0) is 55.8 Å². The van der Waals surface area contributed by atoms with Crippen LogP contribution in [-0.2, 0) is 29.1 Å². The third kappa shape index (κ3) is 4.90. The normalized spacial score (nSPS) is 31.8. The molecule has 160 valence electrons. The standard InChI is InChI=1S/C18H26F2O7S/c1-11(9-25-3-2-18(19,20)28(22,23)24)17(21)27-10-26-16-14-5-12-4-13(7-14)8-15(16)6-12/h12-16H,1-10H2,(H,22,23,24). The zero-order valence-corrected chi connectivity index (χ0v) is 16.3. The van der Waals surface area contributed by atoms with Gasteiger partial charge in [-0.25, -0.2) is 4.79 Å². The van der Waals surface area contributed by atoms with Gasteiger partial charge in [0.2, 0.25) is 0 Å². The molecule has 4 aliphatic rings. The molecule has 0 saturated heterocycles. The molecule has 4 fully saturated rings. The number of alkyl halides is 2. The second-order valence-corrected chi connectivity index (χ2v) is 9.68. The van der Waals surface area contributed by atoms with Gasteiger partial charge in [-0.1, -0.05) is 6.58 Å². The minimum atomic E-state index is -5.49. The molecular formula is C18H26F2O7S. The van der Waals surface area contributed by atoms with Crippen LogP contribution in [0, 0.1) is 23.7 Å². The molecular weight excluding hydrogens is 398 g/mol. The summed E-state index contributed by atoms with van der Waals surface area (Å²) >= 11 is 0. The number of rotatable bonds is 10. The van der Waals surface area contributed by atoms with Crippen LogP contribution in [-0.4, -0.2) is 50.3 Å². The molecule has 7 nitrogen and oxygen atoms in total. The number of carbonyl (C=O) groups excluding carboxylic acids is 1. The fourth-order valence-corrected chi connectivity index (χ4v) is 5.33. The van der Waals surface area contributed by atoms with Crippen molar-refractivity contribution in [2.45, 2.75) is 49.9 Å². The van der Waals surface area contributed by atoms with Gasteiger partial charge in [0.25, 0.3) is 0 Å². The van der Waals surface area contributed by atoms with Crippen LogP contribution in [0.25, 0.3) is 0 Å². The summed E-state index contributed by atoms with van der Waals surface area (Å²) in [4.78, 5) is 11.9. The lowest BCUT2D eigenvalue weighted by molar-refractivity contribution is -0.184. The first-order valence-corrected chi connectivity index (χ1v) is 10.9. The molecule has 4 rings (SSSR count). The number of halogens is 2. The van der Waals surface area contributed by atoms with Crippen molar-refractivity contribution in [2.24, 2.45) is 23.7 Å². The summed E-state index contributed by atoms with van der Waals surface area (Å²) in [7, 11) is -5.49. The Morgan fingerprint density at radius 3 is 2.21 bits per heavy atom. The Balaban J connectivity index is 1.32. The van der Waals surface area contributed by atoms with E-state index in [4.69, 9.17) is 18.8 Å². The summed E-state index contributed by atoms with van der Waals surface area (Å²) in [6.07, 6.45) is 4.95. The Labute approximate surface area is 163 Å². The number of hydrogen-bond acceptors (Lipinski definition) is 6. The van der Waals surface area contributed by atoms with Crippen LogP contribution in [0.4, 0.5) is 8.78 Å². The van der Waals surface area contributed by atoms with Gasteiger partial charge in [-0.15, -0.1) is 0 Å². The van der Waals surface area contributed by atoms with Gasteiger partial charge in [0, 0.05) is 0 Å². The maximum atomic E-state index is 13.0. The molecule has 0 spiro atoms. The number of hydrogen-bond donors (Lipinski definition) is 1. The van der Waals surface area contributed by atoms with Crippen molar-refractivity contribution in [2.75, 3.05) is 20.0 Å². The lowest BCUT2D eigenvalue weighted by Crippen LogP contribution is -2.49. The predicted octanol–water partition coefficient (Wildman–Crippen LogP) is 2.77. The van der Waals surface area contributed by atoms with E-state index >= 15 is 0 Å². The first-order chi connectivity index (χ1) is 13.1. The molecule has 0 aromatic carbocycles. The highest BCUT2D eigenvalue weighted by Crippen LogP contribution is 2.54. The van der Waals surface area contributed by atoms with Crippen LogP contribution in [0.1, 0.15) is 38.5 Å². The van der Waals surface area contributed by atoms with Gasteiger partial charge in [-0.3, -0.25) is 4.55 Å². The number of ether oxygens (including phenoxy) is 3. The zero-order valence-electron chi connectivity index (χ0n) is 15.5. The van der Waals surface area contributed by atoms with Crippen molar-refractivity contribution in [3.8, 4) is 0 Å². The molecule has 0 amide bonds. The van der Waals surface area contributed by atoms with Gasteiger partial charge < -0.3 is 14.2 Å². The molecule has 1 N–H and O–H groups in total. The second kappa shape index (κ2) is 8.33. The highest BCUT2D eigenvalue weighted by Gasteiger charge is 2.49. The lowest BCUT2D eigenvalue weighted by atomic mass is 9.55. The lowest BCUT2D eigenvalue weighted by Gasteiger charge is -2.53. The van der Waals surface area contributed by atoms with E-state index in [2.05, 4.69) is 6.58 Å². The Hall–Kier alpha value is -1.10. The fraction of sp³-hybridized carbons (Fsp3) is 0.833. The summed E-state index contributed by atoms with van der Waals surface area (Å²) in [6.45, 7) is 2.21. The predicted molar refractivity (Wildman–Crippen MR) is 93.9 cm³/mol. The number of esters is 1. The van der Waals surface area contributed by atoms with Crippen LogP contribution in [0.2, 0.25) is 0 Å². The highest BCUT2D eigenvalue weighted by atomic mass is 32.2. The van der Waals surface area contributed by atoms with Gasteiger partial charge >= 0.3 is 21.3 Å². The van der Waals surface area contributed by atoms with Crippen molar-refractivity contribution in [3.05, 3.63) is 12.2 Å². The van der Waals surface area contributed by atoms with E-state index in [0.29, 0.717) is 11.8 Å². The summed E-state index contributed by atoms with van der Waals surface area (Å²) in [5, 5.41) is -4.30. The minimum Gasteiger partial charge on any atom is -0.435 e. The van der Waals surface area contributed by atoms with Crippen LogP contribution in [0.3, 0.4) is 0 Å². The Bertz CT molecular complexity index is 679. The molecule has 0 heterocycles. The maximum absolute atomic E-state index is 13.0. The second-order valence-electron chi connectivity index (χ2n) is 8.13. The molecule has 0 radical (unpaired) electrons. The van der Waals surface area contributed by atoms with Crippen LogP contribution in [0.15, 0.2) is 12.2 Å². The fourth-order valence-electron chi connectivity index (χ4n) is 4.99. The van der Waals surface area contributed by atoms with Gasteiger partial charge in [-0.2, -0.15) is 17.2 Å². The molecule has 4 bridgehead atoms. The zero-order chi connectivity index (χ0) is 20.5. The molecule has 0 unspecified atom stereocenters. The third-order valence-corrected chi connectivity index (χ3v) is 7.03. The van der Waals surface area contributed by atoms with Gasteiger partial charge in [0.05, 0.1) is 31.3 Å². The van der Waals surface area contributed by atoms with Crippen LogP contribution < -0.4 is 0 Å². The highest BCUT2D eigenvalue weighted by molar-refractivity contribution is 7.86. The van der Waals surface area contributed by atoms with E-state index < -0.39 is 41.0 Å². The SMILES string of the molecule is C=C(COCCC(F)(F)S(=O)(=O)O)C(=O)OCOC1C2CC3CC(C2)CC1C3. The molecule has 0 atom stereocenters. The van der Waals surface area contributed by atoms with Crippen molar-refractivity contribution >= 4 is 16.1 Å². The first-order valence-electron chi connectivity index (χ1n) is 9.46. The van der Waals surface area contributed by atoms with Crippen molar-refractivity contribution in [3.63, 3.8) is 0 Å². The van der Waals surface area contributed by atoms with E-state index in [1.54, 1.807) is 0 Å². The van der Waals surface area contributed by atoms with E-state index in [9.17, 15) is 22.0 Å². The minimum absolute atomic E-state index is 0.0937. The summed E-state index contributed by atoms with van der Waals surface area (Å²) in [6, 6.07) is 0. The van der Waals surface area contributed by atoms with E-state index in [1.807, 2.05) is 0 Å². The summed E-state index contributed by atoms with van der Waals surface area (Å²) < 4.78 is 71.1. The quantitative estimate of drug-likeness (QED) is 0.189. The molecule has 0 aliphatic heterocycles. The van der Waals surface area contributed by atoms with Gasteiger partial charge in [0.15, 0.2) is 6.79 Å². The third-order valence-electron chi connectivity index (χ3n) is 6.07. The molecule has 0 aromatic rings. The Morgan fingerprint density at radius 1 is 1.11 bits per heavy atom. The Morgan fingerprint density at radius 2 is 1.68 bits per heavy atom. The molecule has 4 saturated carbocycles. The summed E-state index contributed by atoms with van der Waals surface area (Å²) in [5.74, 6) is 1.94. The van der Waals surface area contributed by atoms with E-state index in [0.717, 1.165) is 11.8 Å². The topological polar surface area (TPSA) is 99.1 Å². The smallest absolute Gasteiger partial charge is 0.372 e. The van der Waals surface area contributed by atoms with Crippen LogP contribution in [0.5, 0.6) is 0 Å². The maximum Gasteiger partial charge on any atom is 0.372 e. The first kappa shape index (κ1) is 21.6. The van der Waals surface area contributed by atoms with E-state index in [-0.39, 0.29) is 18.5 Å². The Kier molecular flexibility index (Phi) is 6.43. The van der Waals surface area contributed by atoms with E-state index in [1.165, 1.54) is 32.1 Å². The summed E-state index contributed by atoms with van der Waals surface area (Å²) in [5.41, 5.74) is -0.0937. The van der Waals surface area contributed by atoms with Crippen LogP contribution >= 0.6 is 0 Å². The van der Waals surface area contributed by atoms with Gasteiger partial charge in [0.1, 0.15) is 0 Å². The monoisotopic (exact) mass is 424 g/mol.